The Kier molecular flexibility index (Phi) is 4.82. The van der Waals surface area contributed by atoms with Crippen LogP contribution in [0.1, 0.15) is 68.2 Å². The SMILES string of the molecule is Cc1cc(C)cc(C(C)NC2CCCCCC2)c1. The molecule has 1 atom stereocenters. The summed E-state index contributed by atoms with van der Waals surface area (Å²) in [6.45, 7) is 6.68. The molecule has 0 saturated heterocycles. The average molecular weight is 245 g/mol. The third kappa shape index (κ3) is 3.84. The van der Waals surface area contributed by atoms with Crippen molar-refractivity contribution in [1.82, 2.24) is 5.32 Å². The molecular weight excluding hydrogens is 218 g/mol. The van der Waals surface area contributed by atoms with Gasteiger partial charge in [-0.3, -0.25) is 0 Å². The second kappa shape index (κ2) is 6.38. The Balaban J connectivity index is 1.99. The molecule has 1 aliphatic carbocycles. The summed E-state index contributed by atoms with van der Waals surface area (Å²) in [5.41, 5.74) is 4.19. The third-order valence-electron chi connectivity index (χ3n) is 4.08. The highest BCUT2D eigenvalue weighted by Crippen LogP contribution is 2.22. The van der Waals surface area contributed by atoms with Gasteiger partial charge in [-0.2, -0.15) is 0 Å². The predicted molar refractivity (Wildman–Crippen MR) is 79.0 cm³/mol. The molecule has 1 aliphatic rings. The minimum atomic E-state index is 0.478. The van der Waals surface area contributed by atoms with E-state index >= 15 is 0 Å². The number of benzene rings is 1. The highest BCUT2D eigenvalue weighted by Gasteiger charge is 2.15. The van der Waals surface area contributed by atoms with Crippen LogP contribution < -0.4 is 5.32 Å². The normalized spacial score (nSPS) is 19.5. The fourth-order valence-electron chi connectivity index (χ4n) is 3.16. The van der Waals surface area contributed by atoms with Gasteiger partial charge in [0.2, 0.25) is 0 Å². The lowest BCUT2D eigenvalue weighted by Crippen LogP contribution is -2.31. The minimum Gasteiger partial charge on any atom is -0.307 e. The molecule has 100 valence electrons. The second-order valence-corrected chi connectivity index (χ2v) is 6.00. The van der Waals surface area contributed by atoms with Gasteiger partial charge >= 0.3 is 0 Å². The van der Waals surface area contributed by atoms with Crippen LogP contribution in [0.2, 0.25) is 0 Å². The van der Waals surface area contributed by atoms with E-state index in [0.29, 0.717) is 6.04 Å². The largest absolute Gasteiger partial charge is 0.307 e. The lowest BCUT2D eigenvalue weighted by atomic mass is 10.0. The Morgan fingerprint density at radius 1 is 0.944 bits per heavy atom. The van der Waals surface area contributed by atoms with E-state index in [2.05, 4.69) is 44.3 Å². The zero-order chi connectivity index (χ0) is 13.0. The van der Waals surface area contributed by atoms with Gasteiger partial charge < -0.3 is 5.32 Å². The first-order valence-electron chi connectivity index (χ1n) is 7.49. The molecule has 1 nitrogen and oxygen atoms in total. The van der Waals surface area contributed by atoms with Gasteiger partial charge in [-0.15, -0.1) is 0 Å². The number of aryl methyl sites for hydroxylation is 2. The molecule has 0 heterocycles. The molecule has 0 radical (unpaired) electrons. The van der Waals surface area contributed by atoms with Crippen LogP contribution in [0.5, 0.6) is 0 Å². The van der Waals surface area contributed by atoms with Gasteiger partial charge in [0.25, 0.3) is 0 Å². The molecule has 1 unspecified atom stereocenters. The number of rotatable bonds is 3. The Morgan fingerprint density at radius 3 is 2.06 bits per heavy atom. The summed E-state index contributed by atoms with van der Waals surface area (Å²) in [6, 6.07) is 8.10. The van der Waals surface area contributed by atoms with Crippen molar-refractivity contribution in [3.63, 3.8) is 0 Å². The zero-order valence-corrected chi connectivity index (χ0v) is 12.1. The summed E-state index contributed by atoms with van der Waals surface area (Å²) in [5.74, 6) is 0. The van der Waals surface area contributed by atoms with Crippen LogP contribution in [-0.4, -0.2) is 6.04 Å². The Bertz CT molecular complexity index is 355. The van der Waals surface area contributed by atoms with E-state index < -0.39 is 0 Å². The van der Waals surface area contributed by atoms with E-state index in [0.717, 1.165) is 6.04 Å². The molecule has 1 heteroatoms. The van der Waals surface area contributed by atoms with Crippen molar-refractivity contribution in [3.05, 3.63) is 34.9 Å². The second-order valence-electron chi connectivity index (χ2n) is 6.00. The first kappa shape index (κ1) is 13.6. The number of hydrogen-bond acceptors (Lipinski definition) is 1. The summed E-state index contributed by atoms with van der Waals surface area (Å²) in [6.07, 6.45) is 8.37. The summed E-state index contributed by atoms with van der Waals surface area (Å²) in [4.78, 5) is 0. The fraction of sp³-hybridized carbons (Fsp3) is 0.647. The highest BCUT2D eigenvalue weighted by molar-refractivity contribution is 5.30. The molecule has 0 bridgehead atoms. The zero-order valence-electron chi connectivity index (χ0n) is 12.1. The van der Waals surface area contributed by atoms with Gasteiger partial charge in [-0.25, -0.2) is 0 Å². The molecule has 0 aromatic heterocycles. The highest BCUT2D eigenvalue weighted by atomic mass is 14.9. The van der Waals surface area contributed by atoms with Crippen molar-refractivity contribution < 1.29 is 0 Å². The Labute approximate surface area is 112 Å². The molecule has 1 N–H and O–H groups in total. The predicted octanol–water partition coefficient (Wildman–Crippen LogP) is 4.68. The minimum absolute atomic E-state index is 0.478. The van der Waals surface area contributed by atoms with Gasteiger partial charge in [0.05, 0.1) is 0 Å². The maximum Gasteiger partial charge on any atom is 0.0294 e. The molecule has 1 aromatic carbocycles. The lowest BCUT2D eigenvalue weighted by Gasteiger charge is -2.23. The topological polar surface area (TPSA) is 12.0 Å². The molecule has 0 amide bonds. The maximum absolute atomic E-state index is 3.83. The summed E-state index contributed by atoms with van der Waals surface area (Å²) < 4.78 is 0. The summed E-state index contributed by atoms with van der Waals surface area (Å²) in [5, 5.41) is 3.83. The molecule has 1 aromatic rings. The standard InChI is InChI=1S/C17H27N/c1-13-10-14(2)12-16(11-13)15(3)18-17-8-6-4-5-7-9-17/h10-12,15,17-18H,4-9H2,1-3H3. The van der Waals surface area contributed by atoms with Crippen molar-refractivity contribution in [3.8, 4) is 0 Å². The van der Waals surface area contributed by atoms with Crippen molar-refractivity contribution in [2.75, 3.05) is 0 Å². The first-order chi connectivity index (χ1) is 8.65. The Morgan fingerprint density at radius 2 is 1.50 bits per heavy atom. The van der Waals surface area contributed by atoms with Crippen LogP contribution in [0.3, 0.4) is 0 Å². The first-order valence-corrected chi connectivity index (χ1v) is 7.49. The number of hydrogen-bond donors (Lipinski definition) is 1. The van der Waals surface area contributed by atoms with E-state index in [9.17, 15) is 0 Å². The molecule has 1 fully saturated rings. The van der Waals surface area contributed by atoms with Crippen LogP contribution in [0.4, 0.5) is 0 Å². The molecule has 0 aliphatic heterocycles. The molecule has 0 spiro atoms. The lowest BCUT2D eigenvalue weighted by molar-refractivity contribution is 0.414. The van der Waals surface area contributed by atoms with Crippen molar-refractivity contribution in [1.29, 1.82) is 0 Å². The van der Waals surface area contributed by atoms with Crippen LogP contribution in [0.15, 0.2) is 18.2 Å². The number of nitrogens with one attached hydrogen (secondary N) is 1. The van der Waals surface area contributed by atoms with Gasteiger partial charge in [-0.1, -0.05) is 55.0 Å². The third-order valence-corrected chi connectivity index (χ3v) is 4.08. The van der Waals surface area contributed by atoms with Gasteiger partial charge in [0.15, 0.2) is 0 Å². The van der Waals surface area contributed by atoms with E-state index in [1.807, 2.05) is 0 Å². The Hall–Kier alpha value is -0.820. The molecule has 1 saturated carbocycles. The van der Waals surface area contributed by atoms with Gasteiger partial charge in [-0.05, 0) is 39.2 Å². The van der Waals surface area contributed by atoms with E-state index in [1.165, 1.54) is 55.2 Å². The fourth-order valence-corrected chi connectivity index (χ4v) is 3.16. The van der Waals surface area contributed by atoms with E-state index in [4.69, 9.17) is 0 Å². The summed E-state index contributed by atoms with van der Waals surface area (Å²) in [7, 11) is 0. The van der Waals surface area contributed by atoms with Crippen molar-refractivity contribution in [2.45, 2.75) is 71.4 Å². The van der Waals surface area contributed by atoms with E-state index in [1.54, 1.807) is 0 Å². The molecular formula is C17H27N. The van der Waals surface area contributed by atoms with Gasteiger partial charge in [0, 0.05) is 12.1 Å². The van der Waals surface area contributed by atoms with Crippen LogP contribution in [0.25, 0.3) is 0 Å². The van der Waals surface area contributed by atoms with Crippen LogP contribution >= 0.6 is 0 Å². The van der Waals surface area contributed by atoms with Crippen molar-refractivity contribution in [2.24, 2.45) is 0 Å². The van der Waals surface area contributed by atoms with Crippen LogP contribution in [0, 0.1) is 13.8 Å². The van der Waals surface area contributed by atoms with Crippen LogP contribution in [-0.2, 0) is 0 Å². The molecule has 2 rings (SSSR count). The van der Waals surface area contributed by atoms with E-state index in [-0.39, 0.29) is 0 Å². The average Bonchev–Trinajstić information content (AvgIpc) is 2.56. The molecule has 18 heavy (non-hydrogen) atoms. The summed E-state index contributed by atoms with van der Waals surface area (Å²) >= 11 is 0. The van der Waals surface area contributed by atoms with Gasteiger partial charge in [0.1, 0.15) is 0 Å². The monoisotopic (exact) mass is 245 g/mol. The smallest absolute Gasteiger partial charge is 0.0294 e. The maximum atomic E-state index is 3.83. The quantitative estimate of drug-likeness (QED) is 0.763. The van der Waals surface area contributed by atoms with Crippen molar-refractivity contribution >= 4 is 0 Å².